The molecule has 38 heavy (non-hydrogen) atoms. The van der Waals surface area contributed by atoms with Crippen LogP contribution in [0.2, 0.25) is 0 Å². The van der Waals surface area contributed by atoms with Crippen LogP contribution in [0, 0.1) is 18.7 Å². The Morgan fingerprint density at radius 2 is 1.66 bits per heavy atom. The number of carbonyl (C=O) groups is 3. The number of ether oxygens (including phenoxy) is 1. The summed E-state index contributed by atoms with van der Waals surface area (Å²) in [4.78, 5) is 42.2. The number of likely N-dealkylation sites (tertiary alicyclic amines) is 1. The van der Waals surface area contributed by atoms with Crippen LogP contribution in [0.1, 0.15) is 46.8 Å². The number of piperidine rings is 1. The zero-order chi connectivity index (χ0) is 27.1. The minimum Gasteiger partial charge on any atom is -0.466 e. The molecule has 0 saturated carbocycles. The van der Waals surface area contributed by atoms with Gasteiger partial charge in [-0.2, -0.15) is 0 Å². The molecule has 1 heterocycles. The molecule has 1 fully saturated rings. The molecule has 3 aromatic carbocycles. The SMILES string of the molecule is CCOC(=O)C1CCN(C(=O)Cc2cccc(N(Cc3ccc(F)cc3)C(=O)c3ccccc3C)c2)CC1. The first-order valence-corrected chi connectivity index (χ1v) is 13.0. The average Bonchev–Trinajstić information content (AvgIpc) is 2.93. The van der Waals surface area contributed by atoms with Crippen LogP contribution in [0.5, 0.6) is 0 Å². The Kier molecular flexibility index (Phi) is 8.89. The second-order valence-corrected chi connectivity index (χ2v) is 9.59. The number of esters is 1. The van der Waals surface area contributed by atoms with Crippen LogP contribution in [-0.4, -0.2) is 42.4 Å². The highest BCUT2D eigenvalue weighted by molar-refractivity contribution is 6.07. The predicted octanol–water partition coefficient (Wildman–Crippen LogP) is 5.33. The van der Waals surface area contributed by atoms with E-state index in [4.69, 9.17) is 4.74 Å². The lowest BCUT2D eigenvalue weighted by Gasteiger charge is -2.31. The number of aryl methyl sites for hydroxylation is 1. The van der Waals surface area contributed by atoms with E-state index in [1.54, 1.807) is 34.9 Å². The maximum absolute atomic E-state index is 13.7. The summed E-state index contributed by atoms with van der Waals surface area (Å²) in [5.74, 6) is -0.865. The van der Waals surface area contributed by atoms with Crippen LogP contribution in [0.4, 0.5) is 10.1 Å². The molecule has 0 spiro atoms. The standard InChI is InChI=1S/C31H33FN2O4/c1-3-38-31(37)25-15-17-33(18-16-25)29(35)20-24-8-6-9-27(19-24)34(21-23-11-13-26(32)14-12-23)30(36)28-10-5-4-7-22(28)2/h4-14,19,25H,3,15-18,20-21H2,1-2H3. The topological polar surface area (TPSA) is 66.9 Å². The molecule has 1 aliphatic heterocycles. The molecule has 0 radical (unpaired) electrons. The van der Waals surface area contributed by atoms with Crippen LogP contribution in [-0.2, 0) is 27.3 Å². The Morgan fingerprint density at radius 1 is 0.947 bits per heavy atom. The van der Waals surface area contributed by atoms with Crippen molar-refractivity contribution in [3.05, 3.63) is 101 Å². The molecular weight excluding hydrogens is 483 g/mol. The highest BCUT2D eigenvalue weighted by Crippen LogP contribution is 2.25. The summed E-state index contributed by atoms with van der Waals surface area (Å²) >= 11 is 0. The van der Waals surface area contributed by atoms with Crippen molar-refractivity contribution in [2.75, 3.05) is 24.6 Å². The minimum atomic E-state index is -0.336. The summed E-state index contributed by atoms with van der Waals surface area (Å²) in [5.41, 5.74) is 3.69. The normalized spacial score (nSPS) is 13.7. The van der Waals surface area contributed by atoms with Crippen molar-refractivity contribution in [2.45, 2.75) is 39.7 Å². The smallest absolute Gasteiger partial charge is 0.309 e. The third-order valence-corrected chi connectivity index (χ3v) is 6.92. The predicted molar refractivity (Wildman–Crippen MR) is 144 cm³/mol. The lowest BCUT2D eigenvalue weighted by Crippen LogP contribution is -2.41. The number of rotatable bonds is 8. The van der Waals surface area contributed by atoms with E-state index >= 15 is 0 Å². The molecule has 6 nitrogen and oxygen atoms in total. The van der Waals surface area contributed by atoms with E-state index in [1.165, 1.54) is 12.1 Å². The average molecular weight is 517 g/mol. The number of hydrogen-bond donors (Lipinski definition) is 0. The zero-order valence-corrected chi connectivity index (χ0v) is 21.9. The Morgan fingerprint density at radius 3 is 2.34 bits per heavy atom. The molecule has 0 bridgehead atoms. The summed E-state index contributed by atoms with van der Waals surface area (Å²) in [6, 6.07) is 20.9. The van der Waals surface area contributed by atoms with Gasteiger partial charge in [0.1, 0.15) is 5.82 Å². The van der Waals surface area contributed by atoms with Gasteiger partial charge in [-0.25, -0.2) is 4.39 Å². The first-order chi connectivity index (χ1) is 18.4. The minimum absolute atomic E-state index is 0.0141. The largest absolute Gasteiger partial charge is 0.466 e. The quantitative estimate of drug-likeness (QED) is 0.380. The second kappa shape index (κ2) is 12.5. The Bertz CT molecular complexity index is 1280. The number of nitrogens with zero attached hydrogens (tertiary/aromatic N) is 2. The maximum Gasteiger partial charge on any atom is 0.309 e. The Hall–Kier alpha value is -4.00. The van der Waals surface area contributed by atoms with Gasteiger partial charge in [0, 0.05) is 24.3 Å². The van der Waals surface area contributed by atoms with Gasteiger partial charge in [-0.05, 0) is 73.7 Å². The fourth-order valence-corrected chi connectivity index (χ4v) is 4.76. The van der Waals surface area contributed by atoms with Crippen LogP contribution < -0.4 is 4.90 Å². The van der Waals surface area contributed by atoms with Crippen LogP contribution in [0.15, 0.2) is 72.8 Å². The lowest BCUT2D eigenvalue weighted by atomic mass is 9.96. The molecule has 2 amide bonds. The molecular formula is C31H33FN2O4. The molecule has 198 valence electrons. The van der Waals surface area contributed by atoms with Crippen molar-refractivity contribution >= 4 is 23.5 Å². The monoisotopic (exact) mass is 516 g/mol. The third kappa shape index (κ3) is 6.65. The van der Waals surface area contributed by atoms with E-state index in [9.17, 15) is 18.8 Å². The van der Waals surface area contributed by atoms with Crippen molar-refractivity contribution in [1.82, 2.24) is 4.90 Å². The molecule has 3 aromatic rings. The first-order valence-electron chi connectivity index (χ1n) is 13.0. The van der Waals surface area contributed by atoms with Gasteiger partial charge in [0.15, 0.2) is 0 Å². The summed E-state index contributed by atoms with van der Waals surface area (Å²) in [5, 5.41) is 0. The van der Waals surface area contributed by atoms with Gasteiger partial charge in [0.05, 0.1) is 25.5 Å². The third-order valence-electron chi connectivity index (χ3n) is 6.92. The van der Waals surface area contributed by atoms with Crippen molar-refractivity contribution in [1.29, 1.82) is 0 Å². The van der Waals surface area contributed by atoms with Crippen LogP contribution in [0.3, 0.4) is 0 Å². The molecule has 7 heteroatoms. The van der Waals surface area contributed by atoms with Crippen molar-refractivity contribution in [2.24, 2.45) is 5.92 Å². The van der Waals surface area contributed by atoms with Gasteiger partial charge in [0.2, 0.25) is 5.91 Å². The van der Waals surface area contributed by atoms with E-state index in [0.29, 0.717) is 43.8 Å². The summed E-state index contributed by atoms with van der Waals surface area (Å²) in [7, 11) is 0. The van der Waals surface area contributed by atoms with Crippen LogP contribution >= 0.6 is 0 Å². The highest BCUT2D eigenvalue weighted by Gasteiger charge is 2.28. The Balaban J connectivity index is 1.52. The summed E-state index contributed by atoms with van der Waals surface area (Å²) in [6.45, 7) is 5.34. The number of benzene rings is 3. The van der Waals surface area contributed by atoms with Crippen molar-refractivity contribution < 1.29 is 23.5 Å². The maximum atomic E-state index is 13.7. The van der Waals surface area contributed by atoms with Gasteiger partial charge in [-0.3, -0.25) is 14.4 Å². The first kappa shape index (κ1) is 27.0. The number of hydrogen-bond acceptors (Lipinski definition) is 4. The fourth-order valence-electron chi connectivity index (χ4n) is 4.76. The summed E-state index contributed by atoms with van der Waals surface area (Å²) in [6.07, 6.45) is 1.39. The Labute approximate surface area is 223 Å². The van der Waals surface area contributed by atoms with Gasteiger partial charge in [-0.15, -0.1) is 0 Å². The van der Waals surface area contributed by atoms with Crippen molar-refractivity contribution in [3.63, 3.8) is 0 Å². The molecule has 0 aromatic heterocycles. The number of carbonyl (C=O) groups excluding carboxylic acids is 3. The van der Waals surface area contributed by atoms with E-state index in [0.717, 1.165) is 16.7 Å². The highest BCUT2D eigenvalue weighted by atomic mass is 19.1. The second-order valence-electron chi connectivity index (χ2n) is 9.59. The van der Waals surface area contributed by atoms with E-state index in [1.807, 2.05) is 49.4 Å². The number of anilines is 1. The molecule has 0 unspecified atom stereocenters. The van der Waals surface area contributed by atoms with E-state index < -0.39 is 0 Å². The molecule has 4 rings (SSSR count). The van der Waals surface area contributed by atoms with E-state index in [2.05, 4.69) is 0 Å². The lowest BCUT2D eigenvalue weighted by molar-refractivity contribution is -0.151. The fraction of sp³-hybridized carbons (Fsp3) is 0.323. The molecule has 0 atom stereocenters. The van der Waals surface area contributed by atoms with Crippen LogP contribution in [0.25, 0.3) is 0 Å². The van der Waals surface area contributed by atoms with E-state index in [-0.39, 0.29) is 42.5 Å². The van der Waals surface area contributed by atoms with Crippen molar-refractivity contribution in [3.8, 4) is 0 Å². The number of amides is 2. The molecule has 1 saturated heterocycles. The molecule has 0 N–H and O–H groups in total. The van der Waals surface area contributed by atoms with Gasteiger partial charge in [-0.1, -0.05) is 42.5 Å². The van der Waals surface area contributed by atoms with Gasteiger partial charge < -0.3 is 14.5 Å². The van der Waals surface area contributed by atoms with Gasteiger partial charge in [0.25, 0.3) is 5.91 Å². The summed E-state index contributed by atoms with van der Waals surface area (Å²) < 4.78 is 18.6. The van der Waals surface area contributed by atoms with Gasteiger partial charge >= 0.3 is 5.97 Å². The number of halogens is 1. The molecule has 0 aliphatic carbocycles. The molecule has 1 aliphatic rings. The zero-order valence-electron chi connectivity index (χ0n) is 21.9.